The average molecular weight is 365 g/mol. The molecule has 6 heteroatoms. The van der Waals surface area contributed by atoms with Crippen molar-refractivity contribution < 1.29 is 14.2 Å². The Morgan fingerprint density at radius 3 is 2.59 bits per heavy atom. The summed E-state index contributed by atoms with van der Waals surface area (Å²) in [5, 5.41) is 9.12. The van der Waals surface area contributed by atoms with E-state index in [4.69, 9.17) is 19.5 Å². The van der Waals surface area contributed by atoms with Gasteiger partial charge in [-0.1, -0.05) is 0 Å². The fourth-order valence-corrected chi connectivity index (χ4v) is 4.16. The molecule has 0 unspecified atom stereocenters. The highest BCUT2D eigenvalue weighted by atomic mass is 16.5. The number of benzene rings is 1. The second-order valence-electron chi connectivity index (χ2n) is 6.96. The first-order valence-corrected chi connectivity index (χ1v) is 9.19. The minimum atomic E-state index is -0.295. The third kappa shape index (κ3) is 3.08. The van der Waals surface area contributed by atoms with Crippen LogP contribution in [0.3, 0.4) is 0 Å². The van der Waals surface area contributed by atoms with E-state index in [0.717, 1.165) is 49.7 Å². The summed E-state index contributed by atoms with van der Waals surface area (Å²) in [6.07, 6.45) is 4.32. The molecule has 4 rings (SSSR count). The van der Waals surface area contributed by atoms with Crippen LogP contribution in [0.5, 0.6) is 11.5 Å². The third-order valence-electron chi connectivity index (χ3n) is 5.62. The van der Waals surface area contributed by atoms with Gasteiger partial charge in [-0.3, -0.25) is 0 Å². The van der Waals surface area contributed by atoms with Gasteiger partial charge in [-0.25, -0.2) is 4.98 Å². The van der Waals surface area contributed by atoms with E-state index in [0.29, 0.717) is 12.2 Å². The lowest BCUT2D eigenvalue weighted by Gasteiger charge is -2.45. The number of aromatic nitrogens is 1. The molecule has 27 heavy (non-hydrogen) atoms. The number of rotatable bonds is 3. The van der Waals surface area contributed by atoms with Gasteiger partial charge in [0.2, 0.25) is 0 Å². The number of fused-ring (bicyclic) bond motifs is 2. The van der Waals surface area contributed by atoms with E-state index >= 15 is 0 Å². The maximum absolute atomic E-state index is 9.12. The van der Waals surface area contributed by atoms with Gasteiger partial charge in [-0.15, -0.1) is 0 Å². The molecule has 140 valence electrons. The zero-order chi connectivity index (χ0) is 18.9. The van der Waals surface area contributed by atoms with Crippen LogP contribution in [-0.2, 0) is 16.8 Å². The average Bonchev–Trinajstić information content (AvgIpc) is 2.73. The summed E-state index contributed by atoms with van der Waals surface area (Å²) in [6.45, 7) is 2.37. The predicted molar refractivity (Wildman–Crippen MR) is 101 cm³/mol. The lowest BCUT2D eigenvalue weighted by Crippen LogP contribution is -2.47. The number of pyridine rings is 1. The van der Waals surface area contributed by atoms with Gasteiger partial charge in [0.25, 0.3) is 0 Å². The van der Waals surface area contributed by atoms with Crippen molar-refractivity contribution in [2.45, 2.75) is 24.9 Å². The zero-order valence-electron chi connectivity index (χ0n) is 15.7. The summed E-state index contributed by atoms with van der Waals surface area (Å²) in [5.41, 5.74) is 2.83. The van der Waals surface area contributed by atoms with Gasteiger partial charge < -0.3 is 19.1 Å². The number of nitrogens with zero attached hydrogens (tertiary/aromatic N) is 3. The molecule has 0 amide bonds. The first kappa shape index (κ1) is 17.6. The molecule has 0 radical (unpaired) electrons. The lowest BCUT2D eigenvalue weighted by molar-refractivity contribution is -0.0768. The van der Waals surface area contributed by atoms with E-state index in [9.17, 15) is 0 Å². The highest BCUT2D eigenvalue weighted by Gasteiger charge is 2.41. The maximum Gasteiger partial charge on any atom is 0.161 e. The normalized spacial score (nSPS) is 17.9. The number of methoxy groups -OCH3 is 2. The smallest absolute Gasteiger partial charge is 0.161 e. The molecule has 0 N–H and O–H groups in total. The largest absolute Gasteiger partial charge is 0.493 e. The van der Waals surface area contributed by atoms with Gasteiger partial charge in [0.1, 0.15) is 5.82 Å². The first-order valence-electron chi connectivity index (χ1n) is 9.19. The van der Waals surface area contributed by atoms with Crippen molar-refractivity contribution in [3.05, 3.63) is 47.2 Å². The van der Waals surface area contributed by atoms with Crippen LogP contribution in [-0.4, -0.2) is 38.9 Å². The van der Waals surface area contributed by atoms with Crippen LogP contribution in [0.2, 0.25) is 0 Å². The molecule has 1 saturated heterocycles. The van der Waals surface area contributed by atoms with Gasteiger partial charge in [0, 0.05) is 19.3 Å². The Hall–Kier alpha value is -2.78. The van der Waals surface area contributed by atoms with Crippen molar-refractivity contribution in [2.75, 3.05) is 38.8 Å². The number of piperidine rings is 1. The Labute approximate surface area is 159 Å². The topological polar surface area (TPSA) is 67.6 Å². The Morgan fingerprint density at radius 2 is 1.89 bits per heavy atom. The molecule has 1 fully saturated rings. The van der Waals surface area contributed by atoms with Crippen molar-refractivity contribution in [2.24, 2.45) is 0 Å². The molecule has 2 aliphatic heterocycles. The van der Waals surface area contributed by atoms with E-state index in [2.05, 4.69) is 28.1 Å². The molecule has 3 heterocycles. The fraction of sp³-hybridized carbons (Fsp3) is 0.429. The molecule has 1 spiro atoms. The van der Waals surface area contributed by atoms with Gasteiger partial charge in [-0.05, 0) is 54.7 Å². The van der Waals surface area contributed by atoms with Crippen molar-refractivity contribution in [3.63, 3.8) is 0 Å². The Morgan fingerprint density at radius 1 is 1.15 bits per heavy atom. The Kier molecular flexibility index (Phi) is 4.63. The van der Waals surface area contributed by atoms with Gasteiger partial charge in [-0.2, -0.15) is 5.26 Å². The molecule has 0 bridgehead atoms. The van der Waals surface area contributed by atoms with Crippen LogP contribution in [0.15, 0.2) is 30.5 Å². The number of nitriles is 1. The molecule has 1 aromatic heterocycles. The zero-order valence-corrected chi connectivity index (χ0v) is 15.7. The van der Waals surface area contributed by atoms with E-state index in [1.807, 2.05) is 6.07 Å². The van der Waals surface area contributed by atoms with Gasteiger partial charge in [0.05, 0.1) is 38.1 Å². The molecule has 2 aliphatic rings. The summed E-state index contributed by atoms with van der Waals surface area (Å²) >= 11 is 0. The number of anilines is 1. The monoisotopic (exact) mass is 365 g/mol. The summed E-state index contributed by atoms with van der Waals surface area (Å²) in [4.78, 5) is 6.66. The highest BCUT2D eigenvalue weighted by molar-refractivity contribution is 5.51. The SMILES string of the molecule is COc1cc2c(cc1OC)C1(CCN(c3cc(C#N)ccn3)CC1)OCC2. The minimum absolute atomic E-state index is 0.295. The van der Waals surface area contributed by atoms with Crippen LogP contribution >= 0.6 is 0 Å². The van der Waals surface area contributed by atoms with Crippen molar-refractivity contribution in [3.8, 4) is 17.6 Å². The van der Waals surface area contributed by atoms with E-state index in [-0.39, 0.29) is 5.60 Å². The van der Waals surface area contributed by atoms with Crippen LogP contribution < -0.4 is 14.4 Å². The molecular weight excluding hydrogens is 342 g/mol. The maximum atomic E-state index is 9.12. The summed E-state index contributed by atoms with van der Waals surface area (Å²) < 4.78 is 17.3. The van der Waals surface area contributed by atoms with Gasteiger partial charge in [0.15, 0.2) is 11.5 Å². The van der Waals surface area contributed by atoms with E-state index in [1.54, 1.807) is 26.5 Å². The van der Waals surface area contributed by atoms with Crippen molar-refractivity contribution in [1.82, 2.24) is 4.98 Å². The minimum Gasteiger partial charge on any atom is -0.493 e. The molecular formula is C21H23N3O3. The van der Waals surface area contributed by atoms with Crippen LogP contribution in [0.25, 0.3) is 0 Å². The first-order chi connectivity index (χ1) is 13.2. The van der Waals surface area contributed by atoms with Crippen LogP contribution in [0.4, 0.5) is 5.82 Å². The fourth-order valence-electron chi connectivity index (χ4n) is 4.16. The highest BCUT2D eigenvalue weighted by Crippen LogP contribution is 2.45. The Balaban J connectivity index is 1.61. The molecule has 6 nitrogen and oxygen atoms in total. The van der Waals surface area contributed by atoms with E-state index in [1.165, 1.54) is 11.1 Å². The lowest BCUT2D eigenvalue weighted by atomic mass is 9.79. The molecule has 0 aliphatic carbocycles. The molecule has 0 atom stereocenters. The predicted octanol–water partition coefficient (Wildman–Crippen LogP) is 3.04. The second kappa shape index (κ2) is 7.09. The third-order valence-corrected chi connectivity index (χ3v) is 5.62. The number of hydrogen-bond donors (Lipinski definition) is 0. The molecule has 1 aromatic carbocycles. The molecule has 2 aromatic rings. The van der Waals surface area contributed by atoms with Gasteiger partial charge >= 0.3 is 0 Å². The van der Waals surface area contributed by atoms with Crippen LogP contribution in [0, 0.1) is 11.3 Å². The standard InChI is InChI=1S/C21H23N3O3/c1-25-18-12-16-4-10-27-21(17(16)13-19(18)26-2)5-8-24(9-6-21)20-11-15(14-22)3-7-23-20/h3,7,11-13H,4-6,8-10H2,1-2H3. The van der Waals surface area contributed by atoms with Crippen molar-refractivity contribution in [1.29, 1.82) is 5.26 Å². The second-order valence-corrected chi connectivity index (χ2v) is 6.96. The van der Waals surface area contributed by atoms with Crippen molar-refractivity contribution >= 4 is 5.82 Å². The molecule has 0 saturated carbocycles. The summed E-state index contributed by atoms with van der Waals surface area (Å²) in [7, 11) is 3.33. The number of ether oxygens (including phenoxy) is 3. The number of hydrogen-bond acceptors (Lipinski definition) is 6. The quantitative estimate of drug-likeness (QED) is 0.833. The van der Waals surface area contributed by atoms with E-state index < -0.39 is 0 Å². The Bertz CT molecular complexity index is 883. The summed E-state index contributed by atoms with van der Waals surface area (Å²) in [6, 6.07) is 9.93. The summed E-state index contributed by atoms with van der Waals surface area (Å²) in [5.74, 6) is 2.36. The van der Waals surface area contributed by atoms with Crippen LogP contribution in [0.1, 0.15) is 29.5 Å².